The number of nitrogens with one attached hydrogen (secondary N) is 1. The summed E-state index contributed by atoms with van der Waals surface area (Å²) in [5.74, 6) is 0.0837. The molecule has 3 heterocycles. The minimum atomic E-state index is 0.00627. The van der Waals surface area contributed by atoms with Crippen molar-refractivity contribution in [2.24, 2.45) is 5.92 Å². The molecule has 0 bridgehead atoms. The number of rotatable bonds is 4. The summed E-state index contributed by atoms with van der Waals surface area (Å²) in [5, 5.41) is 3.70. The van der Waals surface area contributed by atoms with Crippen LogP contribution in [0.3, 0.4) is 0 Å². The lowest BCUT2D eigenvalue weighted by atomic mass is 9.99. The molecule has 6 heteroatoms. The van der Waals surface area contributed by atoms with Crippen molar-refractivity contribution in [2.45, 2.75) is 18.9 Å². The molecule has 1 aromatic carbocycles. The first-order valence-corrected chi connectivity index (χ1v) is 9.22. The van der Waals surface area contributed by atoms with Gasteiger partial charge >= 0.3 is 0 Å². The van der Waals surface area contributed by atoms with Crippen LogP contribution in [0.4, 0.5) is 5.13 Å². The third-order valence-corrected chi connectivity index (χ3v) is 5.73. The van der Waals surface area contributed by atoms with Crippen LogP contribution in [0.2, 0.25) is 0 Å². The molecule has 0 aliphatic carbocycles. The van der Waals surface area contributed by atoms with Gasteiger partial charge in [-0.1, -0.05) is 30.3 Å². The zero-order chi connectivity index (χ0) is 16.4. The fourth-order valence-corrected chi connectivity index (χ4v) is 4.40. The molecule has 2 aliphatic heterocycles. The molecule has 2 atom stereocenters. The molecule has 0 radical (unpaired) electrons. The maximum absolute atomic E-state index is 12.6. The van der Waals surface area contributed by atoms with Gasteiger partial charge in [0.1, 0.15) is 0 Å². The zero-order valence-electron chi connectivity index (χ0n) is 13.5. The molecule has 0 saturated carbocycles. The van der Waals surface area contributed by atoms with Gasteiger partial charge in [-0.05, 0) is 18.5 Å². The number of hydrogen-bond acceptors (Lipinski definition) is 5. The Balaban J connectivity index is 1.38. The molecule has 126 valence electrons. The minimum Gasteiger partial charge on any atom is -0.378 e. The number of carbonyl (C=O) groups excluding carboxylic acids is 1. The highest BCUT2D eigenvalue weighted by molar-refractivity contribution is 7.15. The van der Waals surface area contributed by atoms with Crippen molar-refractivity contribution in [3.8, 4) is 0 Å². The van der Waals surface area contributed by atoms with E-state index in [0.717, 1.165) is 37.4 Å². The van der Waals surface area contributed by atoms with Crippen molar-refractivity contribution >= 4 is 22.4 Å². The number of ether oxygens (including phenoxy) is 1. The highest BCUT2D eigenvalue weighted by Gasteiger charge is 2.40. The van der Waals surface area contributed by atoms with Crippen LogP contribution in [0.1, 0.15) is 16.9 Å². The molecule has 0 spiro atoms. The molecule has 5 nitrogen and oxygen atoms in total. The van der Waals surface area contributed by atoms with Gasteiger partial charge in [0.2, 0.25) is 5.91 Å². The first kappa shape index (κ1) is 15.7. The number of carbonyl (C=O) groups is 1. The van der Waals surface area contributed by atoms with Crippen molar-refractivity contribution in [3.05, 3.63) is 47.0 Å². The number of anilines is 1. The zero-order valence-corrected chi connectivity index (χ0v) is 14.3. The van der Waals surface area contributed by atoms with E-state index in [1.54, 1.807) is 11.3 Å². The number of hydrogen-bond donors (Lipinski definition) is 1. The Labute approximate surface area is 145 Å². The predicted octanol–water partition coefficient (Wildman–Crippen LogP) is 2.39. The van der Waals surface area contributed by atoms with Crippen LogP contribution in [-0.2, 0) is 16.0 Å². The molecule has 1 amide bonds. The van der Waals surface area contributed by atoms with Gasteiger partial charge < -0.3 is 10.1 Å². The van der Waals surface area contributed by atoms with E-state index in [1.807, 2.05) is 24.4 Å². The van der Waals surface area contributed by atoms with E-state index in [9.17, 15) is 4.79 Å². The van der Waals surface area contributed by atoms with Crippen molar-refractivity contribution in [2.75, 3.05) is 31.6 Å². The van der Waals surface area contributed by atoms with Gasteiger partial charge in [-0.3, -0.25) is 9.69 Å². The van der Waals surface area contributed by atoms with Gasteiger partial charge in [0, 0.05) is 30.1 Å². The van der Waals surface area contributed by atoms with Gasteiger partial charge in [0.25, 0.3) is 0 Å². The summed E-state index contributed by atoms with van der Waals surface area (Å²) >= 11 is 1.56. The van der Waals surface area contributed by atoms with Crippen LogP contribution in [0.15, 0.2) is 36.5 Å². The quantitative estimate of drug-likeness (QED) is 0.926. The molecule has 24 heavy (non-hydrogen) atoms. The van der Waals surface area contributed by atoms with Gasteiger partial charge in [-0.15, -0.1) is 11.3 Å². The standard InChI is InChI=1S/C18H21N3O2S/c22-17(15-6-7-21-8-9-23-12-16(15)21)20-18-19-11-14(24-18)10-13-4-2-1-3-5-13/h1-5,11,15-16H,6-10,12H2,(H,19,20,22). The number of nitrogens with zero attached hydrogens (tertiary/aromatic N) is 2. The first-order valence-electron chi connectivity index (χ1n) is 8.41. The fraction of sp³-hybridized carbons (Fsp3) is 0.444. The lowest BCUT2D eigenvalue weighted by molar-refractivity contribution is -0.122. The Hall–Kier alpha value is -1.76. The Morgan fingerprint density at radius 1 is 1.33 bits per heavy atom. The minimum absolute atomic E-state index is 0.00627. The van der Waals surface area contributed by atoms with Gasteiger partial charge in [-0.2, -0.15) is 0 Å². The topological polar surface area (TPSA) is 54.5 Å². The molecular weight excluding hydrogens is 322 g/mol. The SMILES string of the molecule is O=C(Nc1ncc(Cc2ccccc2)s1)C1CCN2CCOCC12. The number of benzene rings is 1. The van der Waals surface area contributed by atoms with E-state index in [2.05, 4.69) is 27.3 Å². The number of morpholine rings is 1. The number of fused-ring (bicyclic) bond motifs is 1. The van der Waals surface area contributed by atoms with Crippen molar-refractivity contribution in [3.63, 3.8) is 0 Å². The average molecular weight is 343 g/mol. The summed E-state index contributed by atoms with van der Waals surface area (Å²) in [6.07, 6.45) is 3.61. The normalized spacial score (nSPS) is 23.8. The number of amides is 1. The van der Waals surface area contributed by atoms with Crippen LogP contribution in [-0.4, -0.2) is 48.1 Å². The summed E-state index contributed by atoms with van der Waals surface area (Å²) in [7, 11) is 0. The first-order chi connectivity index (χ1) is 11.8. The summed E-state index contributed by atoms with van der Waals surface area (Å²) in [5.41, 5.74) is 1.25. The maximum atomic E-state index is 12.6. The second-order valence-electron chi connectivity index (χ2n) is 6.36. The van der Waals surface area contributed by atoms with E-state index >= 15 is 0 Å². The number of thiazole rings is 1. The van der Waals surface area contributed by atoms with E-state index < -0.39 is 0 Å². The summed E-state index contributed by atoms with van der Waals surface area (Å²) < 4.78 is 5.55. The summed E-state index contributed by atoms with van der Waals surface area (Å²) in [4.78, 5) is 20.5. The third kappa shape index (κ3) is 3.36. The number of aromatic nitrogens is 1. The lowest BCUT2D eigenvalue weighted by Crippen LogP contribution is -2.46. The van der Waals surface area contributed by atoms with Gasteiger partial charge in [0.05, 0.1) is 19.1 Å². The van der Waals surface area contributed by atoms with E-state index in [0.29, 0.717) is 11.7 Å². The molecule has 1 aromatic heterocycles. The fourth-order valence-electron chi connectivity index (χ4n) is 3.55. The van der Waals surface area contributed by atoms with Gasteiger partial charge in [0.15, 0.2) is 5.13 Å². The highest BCUT2D eigenvalue weighted by atomic mass is 32.1. The van der Waals surface area contributed by atoms with E-state index in [1.165, 1.54) is 5.56 Å². The lowest BCUT2D eigenvalue weighted by Gasteiger charge is -2.31. The maximum Gasteiger partial charge on any atom is 0.230 e. The van der Waals surface area contributed by atoms with Gasteiger partial charge in [-0.25, -0.2) is 4.98 Å². The molecular formula is C18H21N3O2S. The molecule has 2 fully saturated rings. The smallest absolute Gasteiger partial charge is 0.230 e. The second-order valence-corrected chi connectivity index (χ2v) is 7.47. The van der Waals surface area contributed by atoms with Crippen LogP contribution in [0.5, 0.6) is 0 Å². The van der Waals surface area contributed by atoms with E-state index in [-0.39, 0.29) is 17.9 Å². The van der Waals surface area contributed by atoms with Crippen molar-refractivity contribution in [1.29, 1.82) is 0 Å². The van der Waals surface area contributed by atoms with Crippen molar-refractivity contribution < 1.29 is 9.53 Å². The second kappa shape index (κ2) is 7.01. The van der Waals surface area contributed by atoms with Crippen LogP contribution in [0.25, 0.3) is 0 Å². The summed E-state index contributed by atoms with van der Waals surface area (Å²) in [6, 6.07) is 10.5. The molecule has 1 N–H and O–H groups in total. The molecule has 2 aliphatic rings. The average Bonchev–Trinajstić information content (AvgIpc) is 3.22. The molecule has 2 aromatic rings. The molecule has 4 rings (SSSR count). The highest BCUT2D eigenvalue weighted by Crippen LogP contribution is 2.29. The Bertz CT molecular complexity index is 703. The van der Waals surface area contributed by atoms with Crippen molar-refractivity contribution in [1.82, 2.24) is 9.88 Å². The summed E-state index contributed by atoms with van der Waals surface area (Å²) in [6.45, 7) is 3.37. The molecule has 2 saturated heterocycles. The van der Waals surface area contributed by atoms with Crippen LogP contribution < -0.4 is 5.32 Å². The van der Waals surface area contributed by atoms with E-state index in [4.69, 9.17) is 4.74 Å². The monoisotopic (exact) mass is 343 g/mol. The van der Waals surface area contributed by atoms with Crippen LogP contribution in [0, 0.1) is 5.92 Å². The van der Waals surface area contributed by atoms with Crippen LogP contribution >= 0.6 is 11.3 Å². The predicted molar refractivity (Wildman–Crippen MR) is 94.3 cm³/mol. The third-order valence-electron chi connectivity index (χ3n) is 4.81. The largest absolute Gasteiger partial charge is 0.378 e. The Kier molecular flexibility index (Phi) is 4.60. The Morgan fingerprint density at radius 3 is 3.08 bits per heavy atom. The Morgan fingerprint density at radius 2 is 2.21 bits per heavy atom. The molecule has 2 unspecified atom stereocenters.